The van der Waals surface area contributed by atoms with Crippen molar-refractivity contribution in [1.29, 1.82) is 0 Å². The fourth-order valence-corrected chi connectivity index (χ4v) is 1.64. The summed E-state index contributed by atoms with van der Waals surface area (Å²) in [5.74, 6) is 0. The number of benzene rings is 1. The number of hydrogen-bond acceptors (Lipinski definition) is 1. The fourth-order valence-electron chi connectivity index (χ4n) is 0.694. The quantitative estimate of drug-likeness (QED) is 0.452. The molecular formula is C8H5BrF4S. The minimum absolute atomic E-state index is 0.0941. The third kappa shape index (κ3) is 2.88. The predicted molar refractivity (Wildman–Crippen MR) is 51.1 cm³/mol. The van der Waals surface area contributed by atoms with Crippen molar-refractivity contribution >= 4 is 27.7 Å². The molecule has 0 fully saturated rings. The van der Waals surface area contributed by atoms with Gasteiger partial charge >= 0.3 is 10.1 Å². The van der Waals surface area contributed by atoms with Gasteiger partial charge in [-0.05, 0) is 39.8 Å². The first-order chi connectivity index (χ1) is 6.33. The van der Waals surface area contributed by atoms with Crippen molar-refractivity contribution < 1.29 is 17.6 Å². The van der Waals surface area contributed by atoms with Crippen LogP contribution < -0.4 is 0 Å². The molecule has 0 aliphatic carbocycles. The molecule has 0 aliphatic rings. The largest absolute Gasteiger partial charge is 0.373 e. The lowest BCUT2D eigenvalue weighted by Gasteiger charge is -2.20. The van der Waals surface area contributed by atoms with Crippen LogP contribution in [0.4, 0.5) is 17.6 Å². The lowest BCUT2D eigenvalue weighted by atomic mass is 10.4. The lowest BCUT2D eigenvalue weighted by Crippen LogP contribution is -2.30. The second-order valence-corrected chi connectivity index (χ2v) is 4.61. The zero-order valence-electron chi connectivity index (χ0n) is 6.68. The maximum absolute atomic E-state index is 12.8. The third-order valence-electron chi connectivity index (χ3n) is 1.32. The molecule has 0 heterocycles. The van der Waals surface area contributed by atoms with E-state index in [1.165, 1.54) is 24.3 Å². The molecule has 0 saturated heterocycles. The average Bonchev–Trinajstić information content (AvgIpc) is 2.03. The van der Waals surface area contributed by atoms with Gasteiger partial charge in [0.05, 0.1) is 0 Å². The van der Waals surface area contributed by atoms with Crippen molar-refractivity contribution in [2.24, 2.45) is 0 Å². The second-order valence-electron chi connectivity index (χ2n) is 2.43. The molecule has 0 radical (unpaired) electrons. The highest BCUT2D eigenvalue weighted by Crippen LogP contribution is 2.49. The van der Waals surface area contributed by atoms with Crippen LogP contribution in [0.3, 0.4) is 0 Å². The molecule has 0 unspecified atom stereocenters. The third-order valence-corrected chi connectivity index (χ3v) is 3.10. The van der Waals surface area contributed by atoms with Crippen molar-refractivity contribution in [1.82, 2.24) is 0 Å². The van der Waals surface area contributed by atoms with Crippen LogP contribution in [0, 0.1) is 0 Å². The average molecular weight is 289 g/mol. The van der Waals surface area contributed by atoms with Gasteiger partial charge in [0.15, 0.2) is 0 Å². The Hall–Kier alpha value is -0.230. The van der Waals surface area contributed by atoms with Crippen molar-refractivity contribution in [3.8, 4) is 0 Å². The van der Waals surface area contributed by atoms with Gasteiger partial charge in [0.2, 0.25) is 0 Å². The number of hydrogen-bond donors (Lipinski definition) is 0. The van der Waals surface area contributed by atoms with Gasteiger partial charge in [-0.3, -0.25) is 0 Å². The number of halogens is 5. The molecule has 0 bridgehead atoms. The molecule has 78 valence electrons. The molecule has 0 N–H and O–H groups in total. The van der Waals surface area contributed by atoms with Gasteiger partial charge in [-0.15, -0.1) is 0 Å². The molecule has 6 heteroatoms. The van der Waals surface area contributed by atoms with E-state index in [0.29, 0.717) is 0 Å². The lowest BCUT2D eigenvalue weighted by molar-refractivity contribution is -0.0779. The zero-order chi connectivity index (χ0) is 10.8. The maximum atomic E-state index is 12.8. The van der Waals surface area contributed by atoms with Crippen molar-refractivity contribution in [2.75, 3.05) is 0 Å². The number of alkyl halides is 5. The molecule has 0 saturated carbocycles. The highest BCUT2D eigenvalue weighted by molar-refractivity contribution is 9.10. The fraction of sp³-hybridized carbons (Fsp3) is 0.250. The molecule has 0 amide bonds. The minimum atomic E-state index is -4.21. The van der Waals surface area contributed by atoms with Crippen LogP contribution >= 0.6 is 27.7 Å². The van der Waals surface area contributed by atoms with Crippen LogP contribution in [0.25, 0.3) is 0 Å². The van der Waals surface area contributed by atoms with Gasteiger partial charge < -0.3 is 0 Å². The summed E-state index contributed by atoms with van der Waals surface area (Å²) in [5, 5.41) is -4.16. The van der Waals surface area contributed by atoms with Crippen LogP contribution in [-0.4, -0.2) is 10.1 Å². The standard InChI is InChI=1S/C8H5BrF4S/c9-7(10,11)8(12,13)14-6-4-2-1-3-5-6/h1-5H. The zero-order valence-corrected chi connectivity index (χ0v) is 9.09. The predicted octanol–water partition coefficient (Wildman–Crippen LogP) is 4.36. The molecule has 1 aromatic rings. The molecule has 1 rings (SSSR count). The van der Waals surface area contributed by atoms with Crippen molar-refractivity contribution in [2.45, 2.75) is 15.0 Å². The van der Waals surface area contributed by atoms with E-state index in [4.69, 9.17) is 0 Å². The molecule has 0 atom stereocenters. The van der Waals surface area contributed by atoms with Gasteiger partial charge in [0.1, 0.15) is 0 Å². The number of thioether (sulfide) groups is 1. The van der Waals surface area contributed by atoms with E-state index < -0.39 is 10.1 Å². The molecular weight excluding hydrogens is 284 g/mol. The van der Waals surface area contributed by atoms with E-state index in [-0.39, 0.29) is 16.7 Å². The van der Waals surface area contributed by atoms with E-state index in [2.05, 4.69) is 0 Å². The Labute approximate surface area is 90.8 Å². The Morgan fingerprint density at radius 2 is 1.50 bits per heavy atom. The molecule has 0 spiro atoms. The Morgan fingerprint density at radius 1 is 1.00 bits per heavy atom. The summed E-state index contributed by atoms with van der Waals surface area (Å²) in [6, 6.07) is 7.32. The highest BCUT2D eigenvalue weighted by atomic mass is 79.9. The summed E-state index contributed by atoms with van der Waals surface area (Å²) in [6.07, 6.45) is 0. The van der Waals surface area contributed by atoms with Crippen LogP contribution in [-0.2, 0) is 0 Å². The second kappa shape index (κ2) is 4.10. The Kier molecular flexibility index (Phi) is 3.47. The van der Waals surface area contributed by atoms with E-state index in [0.717, 1.165) is 0 Å². The highest BCUT2D eigenvalue weighted by Gasteiger charge is 2.55. The van der Waals surface area contributed by atoms with Crippen LogP contribution in [0.2, 0.25) is 0 Å². The van der Waals surface area contributed by atoms with Crippen LogP contribution in [0.5, 0.6) is 0 Å². The number of rotatable bonds is 3. The summed E-state index contributed by atoms with van der Waals surface area (Å²) >= 11 is 1.48. The summed E-state index contributed by atoms with van der Waals surface area (Å²) in [4.78, 5) is -4.11. The summed E-state index contributed by atoms with van der Waals surface area (Å²) < 4.78 is 50.2. The molecule has 0 aromatic heterocycles. The summed E-state index contributed by atoms with van der Waals surface area (Å²) in [6.45, 7) is 0. The van der Waals surface area contributed by atoms with Crippen molar-refractivity contribution in [3.63, 3.8) is 0 Å². The summed E-state index contributed by atoms with van der Waals surface area (Å²) in [7, 11) is 0. The maximum Gasteiger partial charge on any atom is 0.373 e. The Balaban J connectivity index is 2.79. The molecule has 0 aliphatic heterocycles. The summed E-state index contributed by atoms with van der Waals surface area (Å²) in [5.41, 5.74) is 0. The van der Waals surface area contributed by atoms with E-state index in [1.807, 2.05) is 0 Å². The Morgan fingerprint density at radius 3 is 1.93 bits per heavy atom. The van der Waals surface area contributed by atoms with Gasteiger partial charge in [0, 0.05) is 4.90 Å². The van der Waals surface area contributed by atoms with E-state index in [1.54, 1.807) is 22.0 Å². The normalized spacial score (nSPS) is 12.9. The minimum Gasteiger partial charge on any atom is -0.186 e. The van der Waals surface area contributed by atoms with Gasteiger partial charge in [-0.2, -0.15) is 17.6 Å². The SMILES string of the molecule is FC(F)(Br)C(F)(F)Sc1ccccc1. The molecule has 0 nitrogen and oxygen atoms in total. The first-order valence-electron chi connectivity index (χ1n) is 3.51. The van der Waals surface area contributed by atoms with Gasteiger partial charge in [-0.25, -0.2) is 0 Å². The monoisotopic (exact) mass is 288 g/mol. The van der Waals surface area contributed by atoms with Gasteiger partial charge in [-0.1, -0.05) is 18.2 Å². The van der Waals surface area contributed by atoms with Gasteiger partial charge in [0.25, 0.3) is 0 Å². The molecule has 14 heavy (non-hydrogen) atoms. The first kappa shape index (κ1) is 11.8. The van der Waals surface area contributed by atoms with Crippen molar-refractivity contribution in [3.05, 3.63) is 30.3 Å². The van der Waals surface area contributed by atoms with Crippen LogP contribution in [0.1, 0.15) is 0 Å². The van der Waals surface area contributed by atoms with Crippen LogP contribution in [0.15, 0.2) is 35.2 Å². The topological polar surface area (TPSA) is 0 Å². The first-order valence-corrected chi connectivity index (χ1v) is 5.12. The smallest absolute Gasteiger partial charge is 0.186 e. The Bertz CT molecular complexity index is 296. The van der Waals surface area contributed by atoms with E-state index in [9.17, 15) is 17.6 Å². The molecule has 1 aromatic carbocycles. The van der Waals surface area contributed by atoms with E-state index >= 15 is 0 Å².